The van der Waals surface area contributed by atoms with Crippen molar-refractivity contribution in [1.29, 1.82) is 0 Å². The van der Waals surface area contributed by atoms with Gasteiger partial charge in [-0.25, -0.2) is 0 Å². The predicted molar refractivity (Wildman–Crippen MR) is 61.2 cm³/mol. The van der Waals surface area contributed by atoms with Crippen molar-refractivity contribution in [1.82, 2.24) is 0 Å². The van der Waals surface area contributed by atoms with Crippen LogP contribution in [0.5, 0.6) is 0 Å². The van der Waals surface area contributed by atoms with Gasteiger partial charge < -0.3 is 5.11 Å². The van der Waals surface area contributed by atoms with Gasteiger partial charge in [0.05, 0.1) is 5.60 Å². The van der Waals surface area contributed by atoms with E-state index in [-0.39, 0.29) is 5.60 Å². The van der Waals surface area contributed by atoms with E-state index in [0.29, 0.717) is 17.3 Å². The van der Waals surface area contributed by atoms with Crippen molar-refractivity contribution in [3.8, 4) is 0 Å². The first-order chi connectivity index (χ1) is 6.31. The predicted octanol–water partition coefficient (Wildman–Crippen LogP) is 3.61. The zero-order valence-electron chi connectivity index (χ0n) is 10.4. The number of hydrogen-bond acceptors (Lipinski definition) is 1. The maximum absolute atomic E-state index is 10.6. The fourth-order valence-electron chi connectivity index (χ4n) is 2.83. The van der Waals surface area contributed by atoms with Gasteiger partial charge in [0.1, 0.15) is 0 Å². The minimum atomic E-state index is -0.390. The van der Waals surface area contributed by atoms with Crippen molar-refractivity contribution >= 4 is 0 Å². The molecule has 0 aromatic rings. The highest BCUT2D eigenvalue weighted by molar-refractivity contribution is 4.97. The first kappa shape index (κ1) is 12.0. The quantitative estimate of drug-likeness (QED) is 0.734. The lowest BCUT2D eigenvalue weighted by atomic mass is 9.76. The van der Waals surface area contributed by atoms with Gasteiger partial charge in [-0.05, 0) is 36.5 Å². The lowest BCUT2D eigenvalue weighted by Gasteiger charge is -2.35. The first-order valence-corrected chi connectivity index (χ1v) is 6.03. The number of hydrogen-bond donors (Lipinski definition) is 1. The molecule has 1 rings (SSSR count). The van der Waals surface area contributed by atoms with Crippen LogP contribution in [0.15, 0.2) is 0 Å². The molecule has 1 heteroatoms. The van der Waals surface area contributed by atoms with Gasteiger partial charge in [0, 0.05) is 0 Å². The van der Waals surface area contributed by atoms with E-state index in [0.717, 1.165) is 12.8 Å². The lowest BCUT2D eigenvalue weighted by molar-refractivity contribution is -0.0340. The van der Waals surface area contributed by atoms with Crippen LogP contribution in [-0.2, 0) is 0 Å². The van der Waals surface area contributed by atoms with E-state index < -0.39 is 0 Å². The standard InChI is InChI=1S/C13H26O/c1-6-10(2)11(3)13(14)8-7-12(4,5)9-13/h10-11,14H,6-9H2,1-5H3. The van der Waals surface area contributed by atoms with Crippen molar-refractivity contribution in [2.24, 2.45) is 17.3 Å². The highest BCUT2D eigenvalue weighted by Gasteiger charge is 2.46. The molecule has 0 saturated heterocycles. The van der Waals surface area contributed by atoms with Crippen LogP contribution in [0.25, 0.3) is 0 Å². The second-order valence-corrected chi connectivity index (χ2v) is 6.12. The van der Waals surface area contributed by atoms with Gasteiger partial charge in [0.25, 0.3) is 0 Å². The normalized spacial score (nSPS) is 35.6. The fourth-order valence-corrected chi connectivity index (χ4v) is 2.83. The molecule has 3 unspecified atom stereocenters. The number of aliphatic hydroxyl groups is 1. The fraction of sp³-hybridized carbons (Fsp3) is 1.00. The topological polar surface area (TPSA) is 20.2 Å². The van der Waals surface area contributed by atoms with Crippen molar-refractivity contribution in [2.45, 2.75) is 65.9 Å². The molecular formula is C13H26O. The smallest absolute Gasteiger partial charge is 0.0681 e. The minimum absolute atomic E-state index is 0.344. The average Bonchev–Trinajstić information content (AvgIpc) is 2.39. The van der Waals surface area contributed by atoms with Crippen LogP contribution in [-0.4, -0.2) is 10.7 Å². The monoisotopic (exact) mass is 198 g/mol. The highest BCUT2D eigenvalue weighted by Crippen LogP contribution is 2.48. The minimum Gasteiger partial charge on any atom is -0.390 e. The third-order valence-corrected chi connectivity index (χ3v) is 4.36. The molecule has 0 aromatic carbocycles. The Morgan fingerprint density at radius 1 is 1.21 bits per heavy atom. The zero-order chi connectivity index (χ0) is 11.0. The summed E-state index contributed by atoms with van der Waals surface area (Å²) in [4.78, 5) is 0. The molecule has 0 radical (unpaired) electrons. The summed E-state index contributed by atoms with van der Waals surface area (Å²) in [5.41, 5.74) is -0.0462. The third kappa shape index (κ3) is 2.31. The molecule has 3 atom stereocenters. The molecule has 1 nitrogen and oxygen atoms in total. The first-order valence-electron chi connectivity index (χ1n) is 6.03. The van der Waals surface area contributed by atoms with Gasteiger partial charge in [-0.2, -0.15) is 0 Å². The molecule has 0 spiro atoms. The van der Waals surface area contributed by atoms with E-state index in [4.69, 9.17) is 0 Å². The van der Waals surface area contributed by atoms with Crippen LogP contribution in [0.2, 0.25) is 0 Å². The van der Waals surface area contributed by atoms with Crippen LogP contribution < -0.4 is 0 Å². The van der Waals surface area contributed by atoms with E-state index >= 15 is 0 Å². The van der Waals surface area contributed by atoms with Crippen LogP contribution in [0.4, 0.5) is 0 Å². The second kappa shape index (κ2) is 3.84. The molecule has 84 valence electrons. The Hall–Kier alpha value is -0.0400. The van der Waals surface area contributed by atoms with Crippen molar-refractivity contribution < 1.29 is 5.11 Å². The molecule has 0 aliphatic heterocycles. The molecule has 1 N–H and O–H groups in total. The van der Waals surface area contributed by atoms with E-state index in [1.54, 1.807) is 0 Å². The van der Waals surface area contributed by atoms with Crippen molar-refractivity contribution in [3.63, 3.8) is 0 Å². The largest absolute Gasteiger partial charge is 0.390 e. The summed E-state index contributed by atoms with van der Waals surface area (Å²) in [6.07, 6.45) is 4.31. The maximum Gasteiger partial charge on any atom is 0.0681 e. The summed E-state index contributed by atoms with van der Waals surface area (Å²) in [5, 5.41) is 10.6. The Labute approximate surface area is 88.9 Å². The molecule has 1 saturated carbocycles. The molecule has 1 aliphatic rings. The molecule has 0 bridgehead atoms. The highest BCUT2D eigenvalue weighted by atomic mass is 16.3. The van der Waals surface area contributed by atoms with Gasteiger partial charge in [-0.1, -0.05) is 41.0 Å². The van der Waals surface area contributed by atoms with Gasteiger partial charge in [0.15, 0.2) is 0 Å². The van der Waals surface area contributed by atoms with Crippen LogP contribution in [0.3, 0.4) is 0 Å². The van der Waals surface area contributed by atoms with Crippen LogP contribution >= 0.6 is 0 Å². The van der Waals surface area contributed by atoms with Gasteiger partial charge in [0.2, 0.25) is 0 Å². The summed E-state index contributed by atoms with van der Waals surface area (Å²) < 4.78 is 0. The third-order valence-electron chi connectivity index (χ3n) is 4.36. The van der Waals surface area contributed by atoms with E-state index in [1.807, 2.05) is 0 Å². The van der Waals surface area contributed by atoms with E-state index in [2.05, 4.69) is 34.6 Å². The summed E-state index contributed by atoms with van der Waals surface area (Å²) in [7, 11) is 0. The second-order valence-electron chi connectivity index (χ2n) is 6.12. The average molecular weight is 198 g/mol. The summed E-state index contributed by atoms with van der Waals surface area (Å²) in [6.45, 7) is 11.2. The van der Waals surface area contributed by atoms with Gasteiger partial charge in [-0.3, -0.25) is 0 Å². The maximum atomic E-state index is 10.6. The Morgan fingerprint density at radius 2 is 1.79 bits per heavy atom. The van der Waals surface area contributed by atoms with Gasteiger partial charge in [-0.15, -0.1) is 0 Å². The molecule has 1 fully saturated rings. The molecule has 0 amide bonds. The Morgan fingerprint density at radius 3 is 2.14 bits per heavy atom. The zero-order valence-corrected chi connectivity index (χ0v) is 10.4. The Kier molecular flexibility index (Phi) is 3.30. The van der Waals surface area contributed by atoms with E-state index in [1.165, 1.54) is 12.8 Å². The van der Waals surface area contributed by atoms with Gasteiger partial charge >= 0.3 is 0 Å². The molecule has 0 heterocycles. The molecule has 0 aromatic heterocycles. The Bertz CT molecular complexity index is 197. The van der Waals surface area contributed by atoms with Crippen molar-refractivity contribution in [2.75, 3.05) is 0 Å². The van der Waals surface area contributed by atoms with Crippen molar-refractivity contribution in [3.05, 3.63) is 0 Å². The number of rotatable bonds is 3. The van der Waals surface area contributed by atoms with Crippen LogP contribution in [0.1, 0.15) is 60.3 Å². The molecule has 14 heavy (non-hydrogen) atoms. The summed E-state index contributed by atoms with van der Waals surface area (Å²) >= 11 is 0. The van der Waals surface area contributed by atoms with E-state index in [9.17, 15) is 5.11 Å². The van der Waals surface area contributed by atoms with Crippen LogP contribution in [0, 0.1) is 17.3 Å². The molecular weight excluding hydrogens is 172 g/mol. The lowest BCUT2D eigenvalue weighted by Crippen LogP contribution is -2.37. The summed E-state index contributed by atoms with van der Waals surface area (Å²) in [6, 6.07) is 0. The Balaban J connectivity index is 2.68. The molecule has 1 aliphatic carbocycles. The summed E-state index contributed by atoms with van der Waals surface area (Å²) in [5.74, 6) is 1.07. The SMILES string of the molecule is CCC(C)C(C)C1(O)CCC(C)(C)C1.